The molecule has 1 aromatic carbocycles. The number of halogens is 1. The molecule has 0 radical (unpaired) electrons. The monoisotopic (exact) mass is 276 g/mol. The number of rotatable bonds is 5. The number of aromatic nitrogens is 1. The minimum atomic E-state index is 0.492. The van der Waals surface area contributed by atoms with Crippen LogP contribution in [0.25, 0.3) is 10.9 Å². The van der Waals surface area contributed by atoms with Crippen LogP contribution >= 0.6 is 11.6 Å². The third kappa shape index (κ3) is 3.46. The molecule has 0 fully saturated rings. The van der Waals surface area contributed by atoms with E-state index in [4.69, 9.17) is 11.6 Å². The van der Waals surface area contributed by atoms with Gasteiger partial charge >= 0.3 is 0 Å². The van der Waals surface area contributed by atoms with Crippen LogP contribution in [0.2, 0.25) is 0 Å². The van der Waals surface area contributed by atoms with Crippen LogP contribution in [0.1, 0.15) is 25.1 Å². The maximum atomic E-state index is 5.90. The maximum Gasteiger partial charge on any atom is 0.0708 e. The van der Waals surface area contributed by atoms with Gasteiger partial charge in [0.05, 0.1) is 5.52 Å². The molecule has 0 aliphatic heterocycles. The number of hydrogen-bond acceptors (Lipinski definition) is 2. The molecule has 3 heteroatoms. The average Bonchev–Trinajstić information content (AvgIpc) is 2.37. The molecule has 0 bridgehead atoms. The molecule has 0 unspecified atom stereocenters. The zero-order valence-corrected chi connectivity index (χ0v) is 12.6. The molecule has 2 nitrogen and oxygen atoms in total. The minimum absolute atomic E-state index is 0.492. The van der Waals surface area contributed by atoms with Gasteiger partial charge in [0.1, 0.15) is 0 Å². The van der Waals surface area contributed by atoms with Crippen molar-refractivity contribution in [3.63, 3.8) is 0 Å². The highest BCUT2D eigenvalue weighted by Gasteiger charge is 2.12. The first kappa shape index (κ1) is 14.3. The second-order valence-corrected chi connectivity index (χ2v) is 5.57. The van der Waals surface area contributed by atoms with Gasteiger partial charge in [-0.05, 0) is 38.5 Å². The quantitative estimate of drug-likeness (QED) is 0.768. The molecular weight excluding hydrogens is 256 g/mol. The predicted octanol–water partition coefficient (Wildman–Crippen LogP) is 3.99. The molecule has 0 atom stereocenters. The molecular formula is C16H21ClN2. The molecule has 102 valence electrons. The van der Waals surface area contributed by atoms with Crippen LogP contribution in [-0.4, -0.2) is 28.4 Å². The van der Waals surface area contributed by atoms with Crippen LogP contribution in [0.3, 0.4) is 0 Å². The van der Waals surface area contributed by atoms with E-state index in [0.29, 0.717) is 11.9 Å². The zero-order chi connectivity index (χ0) is 13.8. The molecule has 0 amide bonds. The Labute approximate surface area is 120 Å². The van der Waals surface area contributed by atoms with E-state index in [2.05, 4.69) is 54.9 Å². The van der Waals surface area contributed by atoms with Crippen LogP contribution in [0.4, 0.5) is 0 Å². The van der Waals surface area contributed by atoms with Crippen molar-refractivity contribution in [3.8, 4) is 0 Å². The molecule has 2 rings (SSSR count). The third-order valence-corrected chi connectivity index (χ3v) is 3.57. The summed E-state index contributed by atoms with van der Waals surface area (Å²) >= 11 is 5.90. The van der Waals surface area contributed by atoms with Crippen molar-refractivity contribution in [3.05, 3.63) is 41.6 Å². The smallest absolute Gasteiger partial charge is 0.0708 e. The first-order valence-corrected chi connectivity index (χ1v) is 7.30. The van der Waals surface area contributed by atoms with Gasteiger partial charge in [-0.25, -0.2) is 0 Å². The van der Waals surface area contributed by atoms with E-state index in [-0.39, 0.29) is 0 Å². The van der Waals surface area contributed by atoms with E-state index in [1.165, 1.54) is 10.9 Å². The summed E-state index contributed by atoms with van der Waals surface area (Å²) in [7, 11) is 0. The topological polar surface area (TPSA) is 16.1 Å². The largest absolute Gasteiger partial charge is 0.295 e. The summed E-state index contributed by atoms with van der Waals surface area (Å²) in [6.45, 7) is 8.31. The van der Waals surface area contributed by atoms with Gasteiger partial charge in [-0.2, -0.15) is 0 Å². The van der Waals surface area contributed by atoms with Crippen LogP contribution in [0.5, 0.6) is 0 Å². The number of hydrogen-bond donors (Lipinski definition) is 0. The minimum Gasteiger partial charge on any atom is -0.295 e. The van der Waals surface area contributed by atoms with E-state index in [1.807, 2.05) is 6.07 Å². The zero-order valence-electron chi connectivity index (χ0n) is 11.9. The normalized spacial score (nSPS) is 11.7. The highest BCUT2D eigenvalue weighted by Crippen LogP contribution is 2.20. The summed E-state index contributed by atoms with van der Waals surface area (Å²) in [5, 5.41) is 1.24. The maximum absolute atomic E-state index is 5.90. The first-order valence-electron chi connectivity index (χ1n) is 6.77. The summed E-state index contributed by atoms with van der Waals surface area (Å²) in [5.41, 5.74) is 3.48. The standard InChI is InChI=1S/C16H21ClN2/c1-12(2)19(9-8-17)11-14-10-13(3)18-16-7-5-4-6-15(14)16/h4-7,10,12H,8-9,11H2,1-3H3. The lowest BCUT2D eigenvalue weighted by molar-refractivity contribution is 0.227. The van der Waals surface area contributed by atoms with E-state index in [9.17, 15) is 0 Å². The lowest BCUT2D eigenvalue weighted by Gasteiger charge is -2.26. The molecule has 0 saturated heterocycles. The molecule has 2 aromatic rings. The van der Waals surface area contributed by atoms with E-state index >= 15 is 0 Å². The molecule has 0 N–H and O–H groups in total. The highest BCUT2D eigenvalue weighted by molar-refractivity contribution is 6.18. The van der Waals surface area contributed by atoms with Gasteiger partial charge in [-0.3, -0.25) is 9.88 Å². The van der Waals surface area contributed by atoms with Crippen molar-refractivity contribution >= 4 is 22.5 Å². The SMILES string of the molecule is Cc1cc(CN(CCCl)C(C)C)c2ccccc2n1. The van der Waals surface area contributed by atoms with Crippen molar-refractivity contribution < 1.29 is 0 Å². The predicted molar refractivity (Wildman–Crippen MR) is 82.7 cm³/mol. The summed E-state index contributed by atoms with van der Waals surface area (Å²) in [6, 6.07) is 11.0. The molecule has 0 saturated carbocycles. The van der Waals surface area contributed by atoms with Crippen molar-refractivity contribution in [1.29, 1.82) is 0 Å². The van der Waals surface area contributed by atoms with Gasteiger partial charge < -0.3 is 0 Å². The van der Waals surface area contributed by atoms with Crippen LogP contribution in [-0.2, 0) is 6.54 Å². The average molecular weight is 277 g/mol. The van der Waals surface area contributed by atoms with E-state index < -0.39 is 0 Å². The molecule has 1 aromatic heterocycles. The number of pyridine rings is 1. The second kappa shape index (κ2) is 6.36. The number of para-hydroxylation sites is 1. The van der Waals surface area contributed by atoms with E-state index in [0.717, 1.165) is 24.3 Å². The van der Waals surface area contributed by atoms with Crippen molar-refractivity contribution in [2.24, 2.45) is 0 Å². The van der Waals surface area contributed by atoms with Crippen LogP contribution in [0.15, 0.2) is 30.3 Å². The first-order chi connectivity index (χ1) is 9.11. The van der Waals surface area contributed by atoms with Crippen LogP contribution < -0.4 is 0 Å². The molecule has 0 spiro atoms. The van der Waals surface area contributed by atoms with Crippen molar-refractivity contribution in [2.45, 2.75) is 33.4 Å². The number of aryl methyl sites for hydroxylation is 1. The molecule has 0 aliphatic carbocycles. The van der Waals surface area contributed by atoms with Gasteiger partial charge in [0.25, 0.3) is 0 Å². The Morgan fingerprint density at radius 1 is 1.26 bits per heavy atom. The summed E-state index contributed by atoms with van der Waals surface area (Å²) < 4.78 is 0. The lowest BCUT2D eigenvalue weighted by atomic mass is 10.1. The number of alkyl halides is 1. The molecule has 19 heavy (non-hydrogen) atoms. The highest BCUT2D eigenvalue weighted by atomic mass is 35.5. The van der Waals surface area contributed by atoms with Crippen molar-refractivity contribution in [2.75, 3.05) is 12.4 Å². The number of benzene rings is 1. The van der Waals surface area contributed by atoms with Gasteiger partial charge in [-0.1, -0.05) is 18.2 Å². The Hall–Kier alpha value is -1.12. The Morgan fingerprint density at radius 2 is 2.00 bits per heavy atom. The number of fused-ring (bicyclic) bond motifs is 1. The summed E-state index contributed by atoms with van der Waals surface area (Å²) in [5.74, 6) is 0.667. The fraction of sp³-hybridized carbons (Fsp3) is 0.438. The molecule has 0 aliphatic rings. The second-order valence-electron chi connectivity index (χ2n) is 5.19. The van der Waals surface area contributed by atoms with Gasteiger partial charge in [0.2, 0.25) is 0 Å². The fourth-order valence-electron chi connectivity index (χ4n) is 2.37. The van der Waals surface area contributed by atoms with Crippen molar-refractivity contribution in [1.82, 2.24) is 9.88 Å². The molecule has 1 heterocycles. The van der Waals surface area contributed by atoms with Crippen LogP contribution in [0, 0.1) is 6.92 Å². The van der Waals surface area contributed by atoms with Gasteiger partial charge in [0.15, 0.2) is 0 Å². The Bertz CT molecular complexity index is 551. The summed E-state index contributed by atoms with van der Waals surface area (Å²) in [6.07, 6.45) is 0. The summed E-state index contributed by atoms with van der Waals surface area (Å²) in [4.78, 5) is 6.99. The third-order valence-electron chi connectivity index (χ3n) is 3.41. The Morgan fingerprint density at radius 3 is 2.68 bits per heavy atom. The van der Waals surface area contributed by atoms with Gasteiger partial charge in [0, 0.05) is 36.1 Å². The van der Waals surface area contributed by atoms with E-state index in [1.54, 1.807) is 0 Å². The number of nitrogens with zero attached hydrogens (tertiary/aromatic N) is 2. The fourth-order valence-corrected chi connectivity index (χ4v) is 2.59. The Balaban J connectivity index is 2.38. The Kier molecular flexibility index (Phi) is 4.78. The van der Waals surface area contributed by atoms with Gasteiger partial charge in [-0.15, -0.1) is 11.6 Å². The lowest BCUT2D eigenvalue weighted by Crippen LogP contribution is -2.32.